The number of likely N-dealkylation sites (tertiary alicyclic amines) is 1. The third kappa shape index (κ3) is 6.05. The Bertz CT molecular complexity index is 222. The van der Waals surface area contributed by atoms with Gasteiger partial charge in [-0.1, -0.05) is 13.3 Å². The van der Waals surface area contributed by atoms with Crippen LogP contribution in [-0.4, -0.2) is 37.1 Å². The Morgan fingerprint density at radius 2 is 2.24 bits per heavy atom. The predicted octanol–water partition coefficient (Wildman–Crippen LogP) is 2.53. The first-order valence-electron chi connectivity index (χ1n) is 7.20. The van der Waals surface area contributed by atoms with Gasteiger partial charge in [0.25, 0.3) is 0 Å². The lowest BCUT2D eigenvalue weighted by Gasteiger charge is -2.36. The molecule has 0 amide bonds. The molecule has 0 saturated carbocycles. The number of nitriles is 1. The molecular formula is C14H27N3. The Labute approximate surface area is 106 Å². The summed E-state index contributed by atoms with van der Waals surface area (Å²) >= 11 is 0. The van der Waals surface area contributed by atoms with Gasteiger partial charge in [0, 0.05) is 19.0 Å². The van der Waals surface area contributed by atoms with Gasteiger partial charge in [-0.25, -0.2) is 0 Å². The number of unbranched alkanes of at least 4 members (excludes halogenated alkanes) is 2. The number of nitrogens with zero attached hydrogens (tertiary/aromatic N) is 2. The fourth-order valence-electron chi connectivity index (χ4n) is 2.55. The van der Waals surface area contributed by atoms with Crippen LogP contribution in [0, 0.1) is 11.3 Å². The first-order valence-corrected chi connectivity index (χ1v) is 7.20. The van der Waals surface area contributed by atoms with E-state index < -0.39 is 0 Å². The molecule has 1 unspecified atom stereocenters. The van der Waals surface area contributed by atoms with E-state index in [2.05, 4.69) is 23.2 Å². The molecular weight excluding hydrogens is 210 g/mol. The molecule has 1 aliphatic rings. The second kappa shape index (κ2) is 9.44. The van der Waals surface area contributed by atoms with Gasteiger partial charge >= 0.3 is 0 Å². The zero-order valence-electron chi connectivity index (χ0n) is 11.2. The first-order chi connectivity index (χ1) is 8.38. The van der Waals surface area contributed by atoms with Crippen LogP contribution in [0.5, 0.6) is 0 Å². The quantitative estimate of drug-likeness (QED) is 0.659. The molecule has 0 radical (unpaired) electrons. The van der Waals surface area contributed by atoms with Crippen LogP contribution in [0.3, 0.4) is 0 Å². The second-order valence-corrected chi connectivity index (χ2v) is 5.00. The maximum Gasteiger partial charge on any atom is 0.0621 e. The van der Waals surface area contributed by atoms with E-state index in [1.54, 1.807) is 0 Å². The molecule has 17 heavy (non-hydrogen) atoms. The molecule has 1 N–H and O–H groups in total. The van der Waals surface area contributed by atoms with Gasteiger partial charge in [0.15, 0.2) is 0 Å². The highest BCUT2D eigenvalue weighted by atomic mass is 15.2. The third-order valence-corrected chi connectivity index (χ3v) is 3.54. The summed E-state index contributed by atoms with van der Waals surface area (Å²) in [4.78, 5) is 2.63. The molecule has 1 aliphatic heterocycles. The summed E-state index contributed by atoms with van der Waals surface area (Å²) in [6.45, 7) is 6.93. The molecule has 0 aromatic carbocycles. The van der Waals surface area contributed by atoms with Gasteiger partial charge < -0.3 is 5.32 Å². The Hall–Kier alpha value is -0.590. The van der Waals surface area contributed by atoms with Crippen LogP contribution in [0.25, 0.3) is 0 Å². The molecule has 1 heterocycles. The summed E-state index contributed by atoms with van der Waals surface area (Å²) in [5.74, 6) is 0. The van der Waals surface area contributed by atoms with Crippen LogP contribution in [0.1, 0.15) is 51.9 Å². The summed E-state index contributed by atoms with van der Waals surface area (Å²) in [5.41, 5.74) is 0. The van der Waals surface area contributed by atoms with Crippen LogP contribution >= 0.6 is 0 Å². The van der Waals surface area contributed by atoms with E-state index in [-0.39, 0.29) is 0 Å². The Balaban J connectivity index is 2.20. The van der Waals surface area contributed by atoms with Crippen LogP contribution < -0.4 is 5.32 Å². The van der Waals surface area contributed by atoms with Gasteiger partial charge in [0.2, 0.25) is 0 Å². The molecule has 1 saturated heterocycles. The van der Waals surface area contributed by atoms with Gasteiger partial charge in [0.05, 0.1) is 6.07 Å². The first kappa shape index (κ1) is 14.5. The van der Waals surface area contributed by atoms with Gasteiger partial charge in [-0.2, -0.15) is 5.26 Å². The molecule has 1 fully saturated rings. The average Bonchev–Trinajstić information content (AvgIpc) is 2.36. The number of rotatable bonds is 8. The highest BCUT2D eigenvalue weighted by Gasteiger charge is 2.20. The monoisotopic (exact) mass is 237 g/mol. The van der Waals surface area contributed by atoms with Gasteiger partial charge in [-0.3, -0.25) is 4.90 Å². The summed E-state index contributed by atoms with van der Waals surface area (Å²) in [5, 5.41) is 12.1. The molecule has 1 atom stereocenters. The molecule has 0 aromatic rings. The normalized spacial score (nSPS) is 21.3. The van der Waals surface area contributed by atoms with Crippen molar-refractivity contribution < 1.29 is 0 Å². The lowest BCUT2D eigenvalue weighted by molar-refractivity contribution is 0.143. The van der Waals surface area contributed by atoms with E-state index >= 15 is 0 Å². The number of hydrogen-bond acceptors (Lipinski definition) is 3. The third-order valence-electron chi connectivity index (χ3n) is 3.54. The highest BCUT2D eigenvalue weighted by Crippen LogP contribution is 2.17. The topological polar surface area (TPSA) is 39.1 Å². The van der Waals surface area contributed by atoms with Crippen molar-refractivity contribution in [3.63, 3.8) is 0 Å². The molecule has 1 rings (SSSR count). The van der Waals surface area contributed by atoms with Crippen molar-refractivity contribution in [2.45, 2.75) is 57.9 Å². The molecule has 0 aliphatic carbocycles. The fourth-order valence-corrected chi connectivity index (χ4v) is 2.55. The van der Waals surface area contributed by atoms with Gasteiger partial charge in [-0.15, -0.1) is 0 Å². The minimum Gasteiger partial charge on any atom is -0.315 e. The van der Waals surface area contributed by atoms with E-state index in [0.717, 1.165) is 25.6 Å². The van der Waals surface area contributed by atoms with E-state index in [4.69, 9.17) is 5.26 Å². The van der Waals surface area contributed by atoms with E-state index in [1.165, 1.54) is 45.2 Å². The molecule has 0 spiro atoms. The largest absolute Gasteiger partial charge is 0.315 e. The summed E-state index contributed by atoms with van der Waals surface area (Å²) in [6.07, 6.45) is 8.24. The maximum atomic E-state index is 8.52. The van der Waals surface area contributed by atoms with Gasteiger partial charge in [0.1, 0.15) is 0 Å². The van der Waals surface area contributed by atoms with E-state index in [0.29, 0.717) is 6.42 Å². The van der Waals surface area contributed by atoms with Crippen LogP contribution in [0.2, 0.25) is 0 Å². The molecule has 98 valence electrons. The summed E-state index contributed by atoms with van der Waals surface area (Å²) in [6, 6.07) is 2.96. The minimum atomic E-state index is 0.715. The molecule has 0 aromatic heterocycles. The van der Waals surface area contributed by atoms with Crippen molar-refractivity contribution in [1.29, 1.82) is 5.26 Å². The van der Waals surface area contributed by atoms with Crippen molar-refractivity contribution in [3.8, 4) is 6.07 Å². The van der Waals surface area contributed by atoms with Crippen LogP contribution in [0.4, 0.5) is 0 Å². The molecule has 0 bridgehead atoms. The lowest BCUT2D eigenvalue weighted by atomic mass is 10.0. The molecule has 3 heteroatoms. The number of piperidine rings is 1. The standard InChI is InChI=1S/C14H27N3/c1-2-10-16-13-14-8-4-7-12-17(14)11-6-3-5-9-15/h14,16H,2-8,10-13H2,1H3. The summed E-state index contributed by atoms with van der Waals surface area (Å²) in [7, 11) is 0. The van der Waals surface area contributed by atoms with Crippen LogP contribution in [0.15, 0.2) is 0 Å². The Morgan fingerprint density at radius 1 is 1.35 bits per heavy atom. The van der Waals surface area contributed by atoms with E-state index in [1.807, 2.05) is 0 Å². The maximum absolute atomic E-state index is 8.52. The van der Waals surface area contributed by atoms with Crippen molar-refractivity contribution in [1.82, 2.24) is 10.2 Å². The van der Waals surface area contributed by atoms with Gasteiger partial charge in [-0.05, 0) is 51.7 Å². The Kier molecular flexibility index (Phi) is 8.04. The number of nitrogens with one attached hydrogen (secondary N) is 1. The summed E-state index contributed by atoms with van der Waals surface area (Å²) < 4.78 is 0. The molecule has 3 nitrogen and oxygen atoms in total. The zero-order chi connectivity index (χ0) is 12.3. The average molecular weight is 237 g/mol. The second-order valence-electron chi connectivity index (χ2n) is 5.00. The Morgan fingerprint density at radius 3 is 3.00 bits per heavy atom. The number of hydrogen-bond donors (Lipinski definition) is 1. The SMILES string of the molecule is CCCNCC1CCCCN1CCCCC#N. The van der Waals surface area contributed by atoms with Crippen LogP contribution in [-0.2, 0) is 0 Å². The van der Waals surface area contributed by atoms with E-state index in [9.17, 15) is 0 Å². The smallest absolute Gasteiger partial charge is 0.0621 e. The lowest BCUT2D eigenvalue weighted by Crippen LogP contribution is -2.45. The van der Waals surface area contributed by atoms with Crippen molar-refractivity contribution in [3.05, 3.63) is 0 Å². The minimum absolute atomic E-state index is 0.715. The predicted molar refractivity (Wildman–Crippen MR) is 71.8 cm³/mol. The highest BCUT2D eigenvalue weighted by molar-refractivity contribution is 4.79. The fraction of sp³-hybridized carbons (Fsp3) is 0.929. The van der Waals surface area contributed by atoms with Crippen molar-refractivity contribution >= 4 is 0 Å². The van der Waals surface area contributed by atoms with Crippen molar-refractivity contribution in [2.75, 3.05) is 26.2 Å². The van der Waals surface area contributed by atoms with Crippen molar-refractivity contribution in [2.24, 2.45) is 0 Å². The zero-order valence-corrected chi connectivity index (χ0v) is 11.2.